The van der Waals surface area contributed by atoms with Crippen molar-refractivity contribution in [1.82, 2.24) is 9.97 Å². The van der Waals surface area contributed by atoms with E-state index in [1.807, 2.05) is 12.1 Å². The molecule has 2 aromatic heterocycles. The number of hydrogen-bond acceptors (Lipinski definition) is 3. The summed E-state index contributed by atoms with van der Waals surface area (Å²) in [6, 6.07) is 3.86. The van der Waals surface area contributed by atoms with Gasteiger partial charge in [-0.3, -0.25) is 0 Å². The molecule has 76 valence electrons. The van der Waals surface area contributed by atoms with Crippen LogP contribution in [0.2, 0.25) is 5.28 Å². The Balaban J connectivity index is 2.07. The molecule has 0 radical (unpaired) electrons. The van der Waals surface area contributed by atoms with Gasteiger partial charge >= 0.3 is 0 Å². The maximum absolute atomic E-state index is 5.89. The zero-order valence-electron chi connectivity index (χ0n) is 7.98. The second-order valence-electron chi connectivity index (χ2n) is 3.73. The lowest BCUT2D eigenvalue weighted by Gasteiger charge is -2.01. The molecule has 4 heteroatoms. The highest BCUT2D eigenvalue weighted by atomic mass is 35.5. The number of aromatic nitrogens is 2. The molecule has 1 saturated carbocycles. The average Bonchev–Trinajstić information content (AvgIpc) is 2.93. The minimum atomic E-state index is 0.315. The van der Waals surface area contributed by atoms with Gasteiger partial charge in [0.1, 0.15) is 0 Å². The molecule has 15 heavy (non-hydrogen) atoms. The van der Waals surface area contributed by atoms with Gasteiger partial charge in [0.2, 0.25) is 5.28 Å². The first kappa shape index (κ1) is 8.92. The maximum Gasteiger partial charge on any atom is 0.223 e. The van der Waals surface area contributed by atoms with Crippen molar-refractivity contribution in [1.29, 1.82) is 0 Å². The number of nitrogens with zero attached hydrogens (tertiary/aromatic N) is 2. The van der Waals surface area contributed by atoms with E-state index in [2.05, 4.69) is 9.97 Å². The van der Waals surface area contributed by atoms with Gasteiger partial charge in [-0.05, 0) is 36.6 Å². The van der Waals surface area contributed by atoms with Gasteiger partial charge in [0.05, 0.1) is 18.2 Å². The number of halogens is 1. The number of furan rings is 1. The molecule has 0 N–H and O–H groups in total. The van der Waals surface area contributed by atoms with E-state index in [4.69, 9.17) is 16.0 Å². The Morgan fingerprint density at radius 1 is 1.33 bits per heavy atom. The van der Waals surface area contributed by atoms with Crippen LogP contribution in [-0.2, 0) is 0 Å². The molecule has 1 fully saturated rings. The summed E-state index contributed by atoms with van der Waals surface area (Å²) in [6.07, 6.45) is 5.70. The van der Waals surface area contributed by atoms with E-state index in [1.165, 1.54) is 12.8 Å². The summed E-state index contributed by atoms with van der Waals surface area (Å²) in [4.78, 5) is 8.41. The summed E-state index contributed by atoms with van der Waals surface area (Å²) in [5, 5.41) is 0.315. The van der Waals surface area contributed by atoms with Crippen LogP contribution in [0.25, 0.3) is 11.3 Å². The van der Waals surface area contributed by atoms with Crippen molar-refractivity contribution >= 4 is 11.6 Å². The molecule has 0 saturated heterocycles. The Labute approximate surface area is 92.1 Å². The van der Waals surface area contributed by atoms with Crippen LogP contribution in [0, 0.1) is 0 Å². The van der Waals surface area contributed by atoms with E-state index < -0.39 is 0 Å². The van der Waals surface area contributed by atoms with E-state index in [0.29, 0.717) is 11.2 Å². The SMILES string of the molecule is Clc1nc(-c2ccoc2)cc(C2CC2)n1. The summed E-state index contributed by atoms with van der Waals surface area (Å²) in [6.45, 7) is 0. The fourth-order valence-corrected chi connectivity index (χ4v) is 1.77. The second kappa shape index (κ2) is 3.35. The zero-order chi connectivity index (χ0) is 10.3. The third-order valence-electron chi connectivity index (χ3n) is 2.53. The van der Waals surface area contributed by atoms with Crippen LogP contribution in [0.15, 0.2) is 29.1 Å². The minimum absolute atomic E-state index is 0.315. The normalized spacial score (nSPS) is 15.5. The summed E-state index contributed by atoms with van der Waals surface area (Å²) in [7, 11) is 0. The fraction of sp³-hybridized carbons (Fsp3) is 0.273. The van der Waals surface area contributed by atoms with E-state index in [9.17, 15) is 0 Å². The molecule has 0 amide bonds. The summed E-state index contributed by atoms with van der Waals surface area (Å²) in [5.41, 5.74) is 2.83. The smallest absolute Gasteiger partial charge is 0.223 e. The summed E-state index contributed by atoms with van der Waals surface area (Å²) < 4.78 is 5.02. The van der Waals surface area contributed by atoms with Crippen molar-refractivity contribution in [3.8, 4) is 11.3 Å². The van der Waals surface area contributed by atoms with E-state index >= 15 is 0 Å². The molecule has 1 aliphatic carbocycles. The molecule has 1 aliphatic rings. The van der Waals surface area contributed by atoms with Gasteiger partial charge < -0.3 is 4.42 Å². The summed E-state index contributed by atoms with van der Waals surface area (Å²) >= 11 is 5.89. The predicted molar refractivity (Wildman–Crippen MR) is 56.7 cm³/mol. The van der Waals surface area contributed by atoms with Gasteiger partial charge in [-0.25, -0.2) is 9.97 Å². The Morgan fingerprint density at radius 2 is 2.20 bits per heavy atom. The third-order valence-corrected chi connectivity index (χ3v) is 2.70. The Hall–Kier alpha value is -1.35. The van der Waals surface area contributed by atoms with Gasteiger partial charge in [-0.1, -0.05) is 0 Å². The van der Waals surface area contributed by atoms with Crippen molar-refractivity contribution in [3.05, 3.63) is 35.6 Å². The quantitative estimate of drug-likeness (QED) is 0.730. The van der Waals surface area contributed by atoms with Gasteiger partial charge in [0, 0.05) is 17.2 Å². The zero-order valence-corrected chi connectivity index (χ0v) is 8.74. The lowest BCUT2D eigenvalue weighted by molar-refractivity contribution is 0.568. The highest BCUT2D eigenvalue weighted by molar-refractivity contribution is 6.28. The largest absolute Gasteiger partial charge is 0.472 e. The van der Waals surface area contributed by atoms with Crippen LogP contribution in [0.1, 0.15) is 24.5 Å². The molecule has 0 spiro atoms. The van der Waals surface area contributed by atoms with E-state index in [1.54, 1.807) is 12.5 Å². The van der Waals surface area contributed by atoms with Crippen LogP contribution >= 0.6 is 11.6 Å². The van der Waals surface area contributed by atoms with Crippen LogP contribution in [0.5, 0.6) is 0 Å². The second-order valence-corrected chi connectivity index (χ2v) is 4.07. The standard InChI is InChI=1S/C11H9ClN2O/c12-11-13-9(7-1-2-7)5-10(14-11)8-3-4-15-6-8/h3-7H,1-2H2. The molecule has 2 aromatic rings. The fourth-order valence-electron chi connectivity index (χ4n) is 1.58. The molecule has 0 bridgehead atoms. The van der Waals surface area contributed by atoms with Gasteiger partial charge in [-0.2, -0.15) is 0 Å². The van der Waals surface area contributed by atoms with E-state index in [-0.39, 0.29) is 0 Å². The average molecular weight is 221 g/mol. The molecule has 2 heterocycles. The Kier molecular flexibility index (Phi) is 1.99. The van der Waals surface area contributed by atoms with Crippen molar-refractivity contribution < 1.29 is 4.42 Å². The molecular formula is C11H9ClN2O. The van der Waals surface area contributed by atoms with Crippen LogP contribution in [0.3, 0.4) is 0 Å². The molecule has 0 aromatic carbocycles. The predicted octanol–water partition coefficient (Wildman–Crippen LogP) is 3.27. The lowest BCUT2D eigenvalue weighted by Crippen LogP contribution is -1.92. The molecule has 0 unspecified atom stereocenters. The van der Waals surface area contributed by atoms with Crippen molar-refractivity contribution in [2.45, 2.75) is 18.8 Å². The van der Waals surface area contributed by atoms with Crippen LogP contribution in [-0.4, -0.2) is 9.97 Å². The topological polar surface area (TPSA) is 38.9 Å². The molecular weight excluding hydrogens is 212 g/mol. The van der Waals surface area contributed by atoms with Crippen LogP contribution < -0.4 is 0 Å². The highest BCUT2D eigenvalue weighted by Crippen LogP contribution is 2.40. The molecule has 0 atom stereocenters. The Bertz CT molecular complexity index is 477. The summed E-state index contributed by atoms with van der Waals surface area (Å²) in [5.74, 6) is 0.580. The van der Waals surface area contributed by atoms with Crippen LogP contribution in [0.4, 0.5) is 0 Å². The van der Waals surface area contributed by atoms with Gasteiger partial charge in [0.15, 0.2) is 0 Å². The van der Waals surface area contributed by atoms with Crippen molar-refractivity contribution in [2.75, 3.05) is 0 Å². The highest BCUT2D eigenvalue weighted by Gasteiger charge is 2.26. The van der Waals surface area contributed by atoms with Crippen molar-refractivity contribution in [2.24, 2.45) is 0 Å². The monoisotopic (exact) mass is 220 g/mol. The number of hydrogen-bond donors (Lipinski definition) is 0. The van der Waals surface area contributed by atoms with Gasteiger partial charge in [0.25, 0.3) is 0 Å². The first-order chi connectivity index (χ1) is 7.33. The maximum atomic E-state index is 5.89. The third kappa shape index (κ3) is 1.75. The number of rotatable bonds is 2. The Morgan fingerprint density at radius 3 is 2.87 bits per heavy atom. The molecule has 3 rings (SSSR count). The lowest BCUT2D eigenvalue weighted by atomic mass is 10.2. The molecule has 3 nitrogen and oxygen atoms in total. The first-order valence-corrected chi connectivity index (χ1v) is 5.28. The molecule has 0 aliphatic heterocycles. The van der Waals surface area contributed by atoms with Crippen molar-refractivity contribution in [3.63, 3.8) is 0 Å². The minimum Gasteiger partial charge on any atom is -0.472 e. The first-order valence-electron chi connectivity index (χ1n) is 4.90. The van der Waals surface area contributed by atoms with Gasteiger partial charge in [-0.15, -0.1) is 0 Å². The van der Waals surface area contributed by atoms with E-state index in [0.717, 1.165) is 17.0 Å².